The second kappa shape index (κ2) is 2.16. The molecular weight excluding hydrogens is 180 g/mol. The number of esters is 1. The molecule has 0 spiro atoms. The highest BCUT2D eigenvalue weighted by molar-refractivity contribution is 5.78. The smallest absolute Gasteiger partial charge is 0.312 e. The molecule has 14 heavy (non-hydrogen) atoms. The van der Waals surface area contributed by atoms with E-state index in [1.807, 2.05) is 0 Å². The zero-order valence-corrected chi connectivity index (χ0v) is 8.87. The Kier molecular flexibility index (Phi) is 1.34. The summed E-state index contributed by atoms with van der Waals surface area (Å²) in [5, 5.41) is 0. The van der Waals surface area contributed by atoms with Crippen LogP contribution in [0, 0.1) is 11.3 Å². The molecule has 3 saturated heterocycles. The fourth-order valence-electron chi connectivity index (χ4n) is 3.25. The van der Waals surface area contributed by atoms with Crippen LogP contribution >= 0.6 is 0 Å². The number of fused-ring (bicyclic) bond motifs is 1. The minimum Gasteiger partial charge on any atom is -0.455 e. The fraction of sp³-hybridized carbons (Fsp3) is 0.909. The van der Waals surface area contributed by atoms with Gasteiger partial charge in [0.1, 0.15) is 11.7 Å². The molecule has 0 amide bonds. The van der Waals surface area contributed by atoms with E-state index in [0.717, 1.165) is 12.8 Å². The lowest BCUT2D eigenvalue weighted by atomic mass is 9.67. The minimum atomic E-state index is -0.336. The molecule has 0 aromatic heterocycles. The molecule has 3 heterocycles. The van der Waals surface area contributed by atoms with Gasteiger partial charge in [-0.25, -0.2) is 0 Å². The van der Waals surface area contributed by atoms with E-state index in [2.05, 4.69) is 20.8 Å². The second-order valence-electron chi connectivity index (χ2n) is 5.79. The molecule has 3 fully saturated rings. The van der Waals surface area contributed by atoms with Gasteiger partial charge < -0.3 is 9.47 Å². The van der Waals surface area contributed by atoms with Crippen LogP contribution in [0.5, 0.6) is 0 Å². The van der Waals surface area contributed by atoms with Crippen molar-refractivity contribution >= 4 is 5.97 Å². The molecule has 3 nitrogen and oxygen atoms in total. The molecule has 3 aliphatic heterocycles. The van der Waals surface area contributed by atoms with E-state index in [0.29, 0.717) is 0 Å². The Morgan fingerprint density at radius 1 is 1.43 bits per heavy atom. The molecule has 3 aliphatic rings. The van der Waals surface area contributed by atoms with Gasteiger partial charge in [0.2, 0.25) is 0 Å². The quantitative estimate of drug-likeness (QED) is 0.551. The molecule has 2 bridgehead atoms. The summed E-state index contributed by atoms with van der Waals surface area (Å²) in [7, 11) is 0. The molecule has 4 unspecified atom stereocenters. The highest BCUT2D eigenvalue weighted by Gasteiger charge is 2.70. The molecule has 3 heteroatoms. The average Bonchev–Trinajstić information content (AvgIpc) is 2.59. The summed E-state index contributed by atoms with van der Waals surface area (Å²) >= 11 is 0. The molecule has 3 rings (SSSR count). The Morgan fingerprint density at radius 3 is 2.64 bits per heavy atom. The number of hydrogen-bond donors (Lipinski definition) is 0. The van der Waals surface area contributed by atoms with E-state index in [9.17, 15) is 4.79 Å². The van der Waals surface area contributed by atoms with Crippen molar-refractivity contribution in [1.82, 2.24) is 0 Å². The van der Waals surface area contributed by atoms with E-state index < -0.39 is 0 Å². The Balaban J connectivity index is 2.07. The summed E-state index contributed by atoms with van der Waals surface area (Å²) in [6.07, 6.45) is 2.06. The van der Waals surface area contributed by atoms with Crippen LogP contribution in [0.15, 0.2) is 0 Å². The van der Waals surface area contributed by atoms with Crippen molar-refractivity contribution in [2.45, 2.75) is 51.4 Å². The highest BCUT2D eigenvalue weighted by Crippen LogP contribution is 2.59. The predicted molar refractivity (Wildman–Crippen MR) is 49.7 cm³/mol. The third-order valence-electron chi connectivity index (χ3n) is 4.07. The van der Waals surface area contributed by atoms with Gasteiger partial charge in [0.25, 0.3) is 0 Å². The number of carbonyl (C=O) groups excluding carboxylic acids is 1. The first-order valence-corrected chi connectivity index (χ1v) is 5.32. The second-order valence-corrected chi connectivity index (χ2v) is 5.79. The third-order valence-corrected chi connectivity index (χ3v) is 4.07. The van der Waals surface area contributed by atoms with Crippen molar-refractivity contribution in [3.8, 4) is 0 Å². The maximum atomic E-state index is 11.6. The summed E-state index contributed by atoms with van der Waals surface area (Å²) < 4.78 is 11.4. The van der Waals surface area contributed by atoms with Gasteiger partial charge in [0, 0.05) is 11.8 Å². The van der Waals surface area contributed by atoms with Crippen LogP contribution in [0.4, 0.5) is 0 Å². The maximum Gasteiger partial charge on any atom is 0.312 e. The van der Waals surface area contributed by atoms with E-state index in [-0.39, 0.29) is 35.1 Å². The third kappa shape index (κ3) is 0.761. The van der Waals surface area contributed by atoms with Crippen LogP contribution in [0.3, 0.4) is 0 Å². The van der Waals surface area contributed by atoms with E-state index in [4.69, 9.17) is 9.47 Å². The Hall–Kier alpha value is -0.570. The van der Waals surface area contributed by atoms with Crippen molar-refractivity contribution in [2.75, 3.05) is 0 Å². The zero-order chi connectivity index (χ0) is 10.1. The van der Waals surface area contributed by atoms with Gasteiger partial charge in [-0.15, -0.1) is 0 Å². The minimum absolute atomic E-state index is 0.0166. The van der Waals surface area contributed by atoms with E-state index in [1.54, 1.807) is 0 Å². The first-order valence-electron chi connectivity index (χ1n) is 5.32. The first-order chi connectivity index (χ1) is 6.44. The Bertz CT molecular complexity index is 304. The van der Waals surface area contributed by atoms with Crippen molar-refractivity contribution in [3.63, 3.8) is 0 Å². The SMILES string of the molecule is CC(C)(C)C12CC3CC(C(=O)O1)C2O3. The lowest BCUT2D eigenvalue weighted by Gasteiger charge is -2.40. The molecule has 0 aliphatic carbocycles. The van der Waals surface area contributed by atoms with Crippen molar-refractivity contribution in [1.29, 1.82) is 0 Å². The average molecular weight is 196 g/mol. The van der Waals surface area contributed by atoms with Crippen molar-refractivity contribution in [2.24, 2.45) is 11.3 Å². The van der Waals surface area contributed by atoms with Gasteiger partial charge in [-0.2, -0.15) is 0 Å². The molecule has 4 atom stereocenters. The van der Waals surface area contributed by atoms with Crippen LogP contribution < -0.4 is 0 Å². The zero-order valence-electron chi connectivity index (χ0n) is 8.87. The largest absolute Gasteiger partial charge is 0.455 e. The molecule has 0 aromatic rings. The van der Waals surface area contributed by atoms with E-state index >= 15 is 0 Å². The lowest BCUT2D eigenvalue weighted by Crippen LogP contribution is -2.49. The van der Waals surface area contributed by atoms with Gasteiger partial charge in [-0.1, -0.05) is 20.8 Å². The van der Waals surface area contributed by atoms with Crippen molar-refractivity contribution < 1.29 is 14.3 Å². The fourth-order valence-corrected chi connectivity index (χ4v) is 3.25. The summed E-state index contributed by atoms with van der Waals surface area (Å²) in [5.41, 5.74) is -0.352. The number of ether oxygens (including phenoxy) is 2. The number of rotatable bonds is 0. The van der Waals surface area contributed by atoms with Gasteiger partial charge in [-0.05, 0) is 6.42 Å². The number of carbonyl (C=O) groups is 1. The molecule has 0 saturated carbocycles. The van der Waals surface area contributed by atoms with Crippen LogP contribution in [-0.2, 0) is 14.3 Å². The predicted octanol–water partition coefficient (Wildman–Crippen LogP) is 1.51. The molecular formula is C11H16O3. The van der Waals surface area contributed by atoms with Crippen LogP contribution in [0.1, 0.15) is 33.6 Å². The van der Waals surface area contributed by atoms with Crippen molar-refractivity contribution in [3.05, 3.63) is 0 Å². The Labute approximate surface area is 83.8 Å². The van der Waals surface area contributed by atoms with Gasteiger partial charge >= 0.3 is 5.97 Å². The highest BCUT2D eigenvalue weighted by atomic mass is 16.6. The molecule has 0 radical (unpaired) electrons. The van der Waals surface area contributed by atoms with Crippen LogP contribution in [-0.4, -0.2) is 23.8 Å². The molecule has 0 N–H and O–H groups in total. The summed E-state index contributed by atoms with van der Waals surface area (Å²) in [6.45, 7) is 6.40. The van der Waals surface area contributed by atoms with Crippen LogP contribution in [0.25, 0.3) is 0 Å². The molecule has 78 valence electrons. The summed E-state index contributed by atoms with van der Waals surface area (Å²) in [4.78, 5) is 11.6. The monoisotopic (exact) mass is 196 g/mol. The topological polar surface area (TPSA) is 35.5 Å². The molecule has 0 aromatic carbocycles. The summed E-state index contributed by atoms with van der Waals surface area (Å²) in [6, 6.07) is 0. The summed E-state index contributed by atoms with van der Waals surface area (Å²) in [5.74, 6) is -0.0158. The van der Waals surface area contributed by atoms with Gasteiger partial charge in [-0.3, -0.25) is 4.79 Å². The van der Waals surface area contributed by atoms with Crippen LogP contribution in [0.2, 0.25) is 0 Å². The Morgan fingerprint density at radius 2 is 2.14 bits per heavy atom. The maximum absolute atomic E-state index is 11.6. The normalized spacial score (nSPS) is 49.9. The first kappa shape index (κ1) is 8.72. The number of hydrogen-bond acceptors (Lipinski definition) is 3. The lowest BCUT2D eigenvalue weighted by molar-refractivity contribution is -0.159. The standard InChI is InChI=1S/C11H16O3/c1-10(2,3)11-5-6-4-7(8(11)13-6)9(12)14-11/h6-8H,4-5H2,1-3H3. The van der Waals surface area contributed by atoms with Gasteiger partial charge in [0.05, 0.1) is 12.0 Å². The van der Waals surface area contributed by atoms with E-state index in [1.165, 1.54) is 0 Å². The van der Waals surface area contributed by atoms with Gasteiger partial charge in [0.15, 0.2) is 0 Å².